The maximum Gasteiger partial charge on any atom is 0.138 e. The summed E-state index contributed by atoms with van der Waals surface area (Å²) in [6.45, 7) is 2.47. The number of benzene rings is 4. The summed E-state index contributed by atoms with van der Waals surface area (Å²) < 4.78 is 22.5. The molecule has 192 valence electrons. The van der Waals surface area contributed by atoms with Gasteiger partial charge in [0.25, 0.3) is 0 Å². The van der Waals surface area contributed by atoms with Gasteiger partial charge >= 0.3 is 0 Å². The highest BCUT2D eigenvalue weighted by Gasteiger charge is 2.44. The molecule has 7 rings (SSSR count). The Morgan fingerprint density at radius 3 is 1.53 bits per heavy atom. The molecule has 0 saturated carbocycles. The summed E-state index contributed by atoms with van der Waals surface area (Å²) in [6.07, 6.45) is 1.17. The summed E-state index contributed by atoms with van der Waals surface area (Å²) in [5.74, 6) is 1.31. The molecule has 0 bridgehead atoms. The van der Waals surface area contributed by atoms with E-state index in [-0.39, 0.29) is 12.2 Å². The second-order valence-corrected chi connectivity index (χ2v) is 10.9. The van der Waals surface area contributed by atoms with Crippen LogP contribution in [0.2, 0.25) is 10.0 Å². The predicted octanol–water partition coefficient (Wildman–Crippen LogP) is 6.84. The molecule has 2 saturated heterocycles. The minimum atomic E-state index is -0.630. The van der Waals surface area contributed by atoms with Crippen LogP contribution in [0.3, 0.4) is 0 Å². The fraction of sp³-hybridized carbons (Fsp3) is 0.250. The van der Waals surface area contributed by atoms with Gasteiger partial charge in [0, 0.05) is 0 Å². The largest absolute Gasteiger partial charge is 0.489 e. The van der Waals surface area contributed by atoms with E-state index < -0.39 is 5.41 Å². The Kier molecular flexibility index (Phi) is 6.09. The highest BCUT2D eigenvalue weighted by atomic mass is 35.5. The smallest absolute Gasteiger partial charge is 0.138 e. The van der Waals surface area contributed by atoms with Crippen molar-refractivity contribution in [1.29, 1.82) is 0 Å². The fourth-order valence-corrected chi connectivity index (χ4v) is 6.09. The lowest BCUT2D eigenvalue weighted by Crippen LogP contribution is -2.36. The van der Waals surface area contributed by atoms with Crippen LogP contribution in [0.15, 0.2) is 84.9 Å². The van der Waals surface area contributed by atoms with E-state index in [4.69, 9.17) is 42.1 Å². The summed E-state index contributed by atoms with van der Waals surface area (Å²) in [4.78, 5) is 0. The number of rotatable bonds is 8. The SMILES string of the molecule is Clc1cc(C2(c3ccc(OCC4CO4)c(Cl)c3)c3ccccc3Cc3ccccc32)ccc1OCC1CO1. The molecular formula is C32H26Cl2O4. The zero-order valence-electron chi connectivity index (χ0n) is 20.7. The van der Waals surface area contributed by atoms with Crippen LogP contribution in [0, 0.1) is 0 Å². The Labute approximate surface area is 232 Å². The number of hydrogen-bond acceptors (Lipinski definition) is 4. The van der Waals surface area contributed by atoms with Crippen LogP contribution in [-0.4, -0.2) is 38.6 Å². The molecule has 2 unspecified atom stereocenters. The first-order valence-corrected chi connectivity index (χ1v) is 13.6. The molecule has 0 spiro atoms. The number of fused-ring (bicyclic) bond motifs is 2. The molecule has 3 aliphatic rings. The van der Waals surface area contributed by atoms with Gasteiger partial charge in [0.1, 0.15) is 36.9 Å². The summed E-state index contributed by atoms with van der Waals surface area (Å²) in [6, 6.07) is 29.5. The second kappa shape index (κ2) is 9.62. The van der Waals surface area contributed by atoms with E-state index in [0.29, 0.717) is 34.8 Å². The van der Waals surface area contributed by atoms with Crippen LogP contribution >= 0.6 is 23.2 Å². The van der Waals surface area contributed by atoms with Gasteiger partial charge in [-0.2, -0.15) is 0 Å². The number of ether oxygens (including phenoxy) is 4. The van der Waals surface area contributed by atoms with Crippen molar-refractivity contribution >= 4 is 23.2 Å². The monoisotopic (exact) mass is 544 g/mol. The first kappa shape index (κ1) is 24.1. The lowest BCUT2D eigenvalue weighted by atomic mass is 9.60. The average Bonchev–Trinajstić information content (AvgIpc) is 3.86. The highest BCUT2D eigenvalue weighted by molar-refractivity contribution is 6.32. The molecule has 0 amide bonds. The minimum absolute atomic E-state index is 0.156. The maximum atomic E-state index is 6.87. The van der Waals surface area contributed by atoms with Crippen molar-refractivity contribution in [3.8, 4) is 11.5 Å². The molecular weight excluding hydrogens is 519 g/mol. The van der Waals surface area contributed by atoms with Crippen LogP contribution in [-0.2, 0) is 21.3 Å². The second-order valence-electron chi connectivity index (χ2n) is 10.1. The van der Waals surface area contributed by atoms with Gasteiger partial charge < -0.3 is 18.9 Å². The summed E-state index contributed by atoms with van der Waals surface area (Å²) >= 11 is 13.7. The van der Waals surface area contributed by atoms with Gasteiger partial charge in [-0.1, -0.05) is 83.9 Å². The average molecular weight is 545 g/mol. The van der Waals surface area contributed by atoms with Crippen molar-refractivity contribution in [2.24, 2.45) is 0 Å². The summed E-state index contributed by atoms with van der Waals surface area (Å²) in [5.41, 5.74) is 6.44. The molecule has 4 aromatic carbocycles. The van der Waals surface area contributed by atoms with Gasteiger partial charge in [-0.3, -0.25) is 0 Å². The fourth-order valence-electron chi connectivity index (χ4n) is 5.62. The zero-order valence-corrected chi connectivity index (χ0v) is 22.2. The van der Waals surface area contributed by atoms with Gasteiger partial charge in [-0.25, -0.2) is 0 Å². The normalized spacial score (nSPS) is 20.3. The first-order chi connectivity index (χ1) is 18.6. The molecule has 0 aromatic heterocycles. The summed E-state index contributed by atoms with van der Waals surface area (Å²) in [5, 5.41) is 1.14. The Morgan fingerprint density at radius 1 is 0.658 bits per heavy atom. The van der Waals surface area contributed by atoms with Gasteiger partial charge in [0.05, 0.1) is 28.7 Å². The van der Waals surface area contributed by atoms with E-state index in [2.05, 4.69) is 60.7 Å². The molecule has 2 fully saturated rings. The quantitative estimate of drug-likeness (QED) is 0.201. The van der Waals surface area contributed by atoms with Crippen LogP contribution < -0.4 is 9.47 Å². The molecule has 0 radical (unpaired) electrons. The topological polar surface area (TPSA) is 43.5 Å². The lowest BCUT2D eigenvalue weighted by molar-refractivity contribution is 0.263. The van der Waals surface area contributed by atoms with Crippen LogP contribution in [0.4, 0.5) is 0 Å². The molecule has 2 aliphatic heterocycles. The van der Waals surface area contributed by atoms with E-state index in [1.165, 1.54) is 22.3 Å². The molecule has 4 nitrogen and oxygen atoms in total. The van der Waals surface area contributed by atoms with E-state index in [0.717, 1.165) is 30.8 Å². The van der Waals surface area contributed by atoms with Crippen molar-refractivity contribution in [1.82, 2.24) is 0 Å². The number of hydrogen-bond donors (Lipinski definition) is 0. The number of epoxide rings is 2. The predicted molar refractivity (Wildman–Crippen MR) is 148 cm³/mol. The molecule has 38 heavy (non-hydrogen) atoms. The van der Waals surface area contributed by atoms with Crippen LogP contribution in [0.25, 0.3) is 0 Å². The van der Waals surface area contributed by atoms with Crippen molar-refractivity contribution in [3.63, 3.8) is 0 Å². The summed E-state index contributed by atoms with van der Waals surface area (Å²) in [7, 11) is 0. The molecule has 4 aromatic rings. The number of halogens is 2. The van der Waals surface area contributed by atoms with Crippen LogP contribution in [0.1, 0.15) is 33.4 Å². The van der Waals surface area contributed by atoms with E-state index >= 15 is 0 Å². The molecule has 0 N–H and O–H groups in total. The molecule has 6 heteroatoms. The highest BCUT2D eigenvalue weighted by Crippen LogP contribution is 2.52. The van der Waals surface area contributed by atoms with E-state index in [9.17, 15) is 0 Å². The molecule has 2 atom stereocenters. The molecule has 1 aliphatic carbocycles. The standard InChI is InChI=1S/C32H26Cl2O4/c33-28-14-22(9-11-30(28)37-18-24-16-35-24)32(23-10-12-31(29(34)15-23)38-19-25-17-36-25)26-7-3-1-5-20(26)13-21-6-2-4-8-27(21)32/h1-12,14-15,24-25H,13,16-19H2. The Hall–Kier alpha value is -3.02. The Balaban J connectivity index is 1.42. The van der Waals surface area contributed by atoms with Crippen molar-refractivity contribution in [2.75, 3.05) is 26.4 Å². The van der Waals surface area contributed by atoms with E-state index in [1.807, 2.05) is 24.3 Å². The van der Waals surface area contributed by atoms with Gasteiger partial charge in [-0.15, -0.1) is 0 Å². The van der Waals surface area contributed by atoms with Crippen LogP contribution in [0.5, 0.6) is 11.5 Å². The van der Waals surface area contributed by atoms with Gasteiger partial charge in [-0.05, 0) is 64.1 Å². The lowest BCUT2D eigenvalue weighted by Gasteiger charge is -2.42. The Morgan fingerprint density at radius 2 is 1.11 bits per heavy atom. The first-order valence-electron chi connectivity index (χ1n) is 12.9. The van der Waals surface area contributed by atoms with Crippen molar-refractivity contribution < 1.29 is 18.9 Å². The zero-order chi connectivity index (χ0) is 25.7. The Bertz CT molecular complexity index is 1400. The van der Waals surface area contributed by atoms with Gasteiger partial charge in [0.2, 0.25) is 0 Å². The minimum Gasteiger partial charge on any atom is -0.489 e. The van der Waals surface area contributed by atoms with E-state index in [1.54, 1.807) is 0 Å². The van der Waals surface area contributed by atoms with Crippen molar-refractivity contribution in [2.45, 2.75) is 24.0 Å². The maximum absolute atomic E-state index is 6.87. The third kappa shape index (κ3) is 4.26. The molecule has 2 heterocycles. The third-order valence-corrected chi connectivity index (χ3v) is 8.20. The third-order valence-electron chi connectivity index (χ3n) is 7.61. The van der Waals surface area contributed by atoms with Crippen molar-refractivity contribution in [3.05, 3.63) is 128 Å². The van der Waals surface area contributed by atoms with Gasteiger partial charge in [0.15, 0.2) is 0 Å².